The number of β-amino-alcohol motifs (C(OH)–C–C–N with tert-alkyl or cyclic N) is 1. The largest absolute Gasteiger partial charge is 0.391 e. The van der Waals surface area contributed by atoms with E-state index in [-0.39, 0.29) is 55.6 Å². The van der Waals surface area contributed by atoms with E-state index >= 15 is 0 Å². The molecule has 1 saturated heterocycles. The molecule has 4 aromatic rings. The number of anilines is 2. The summed E-state index contributed by atoms with van der Waals surface area (Å²) in [6.07, 6.45) is 0.198. The normalized spacial score (nSPS) is 15.7. The van der Waals surface area contributed by atoms with Gasteiger partial charge in [0.2, 0.25) is 17.7 Å². The Kier molecular flexibility index (Phi) is 16.4. The molecule has 3 atom stereocenters. The molecule has 60 heavy (non-hydrogen) atoms. The fourth-order valence-corrected chi connectivity index (χ4v) is 7.81. The van der Waals surface area contributed by atoms with Crippen LogP contribution in [-0.4, -0.2) is 83.0 Å². The molecule has 1 fully saturated rings. The molecule has 0 aliphatic carbocycles. The van der Waals surface area contributed by atoms with Crippen LogP contribution in [0.5, 0.6) is 0 Å². The average Bonchev–Trinajstić information content (AvgIpc) is 3.82. The Morgan fingerprint density at radius 1 is 1.02 bits per heavy atom. The van der Waals surface area contributed by atoms with Gasteiger partial charge in [0.15, 0.2) is 11.6 Å². The number of likely N-dealkylation sites (tertiary alicyclic amines) is 1. The Balaban J connectivity index is 1.02. The van der Waals surface area contributed by atoms with E-state index in [1.807, 2.05) is 74.6 Å². The number of rotatable bonds is 18. The van der Waals surface area contributed by atoms with Crippen LogP contribution in [0, 0.1) is 33.4 Å². The number of amides is 4. The fourth-order valence-electron chi connectivity index (χ4n) is 6.54. The van der Waals surface area contributed by atoms with E-state index in [1.165, 1.54) is 17.0 Å². The molecule has 1 aromatic heterocycles. The number of hydrogen-bond acceptors (Lipinski definition) is 10. The highest BCUT2D eigenvalue weighted by atomic mass is 127. The van der Waals surface area contributed by atoms with E-state index in [4.69, 9.17) is 4.84 Å². The molecule has 3 unspecified atom stereocenters. The van der Waals surface area contributed by atoms with Crippen LogP contribution in [0.3, 0.4) is 0 Å². The summed E-state index contributed by atoms with van der Waals surface area (Å²) in [5, 5.41) is 21.9. The summed E-state index contributed by atoms with van der Waals surface area (Å²) in [5.41, 5.74) is 5.17. The Hall–Kier alpha value is -4.63. The first-order valence-electron chi connectivity index (χ1n) is 19.4. The molecule has 6 N–H and O–H groups in total. The highest BCUT2D eigenvalue weighted by Gasteiger charge is 2.44. The Morgan fingerprint density at radius 3 is 2.43 bits per heavy atom. The number of aliphatic hydroxyl groups excluding tert-OH is 1. The van der Waals surface area contributed by atoms with E-state index < -0.39 is 58.6 Å². The summed E-state index contributed by atoms with van der Waals surface area (Å²) in [6.45, 7) is 8.61. The predicted molar refractivity (Wildman–Crippen MR) is 231 cm³/mol. The van der Waals surface area contributed by atoms with Crippen LogP contribution in [0.4, 0.5) is 24.5 Å². The molecule has 0 radical (unpaired) electrons. The zero-order valence-electron chi connectivity index (χ0n) is 33.7. The SMILES string of the molecule is Cc1ncsc1-c1ccc(CNC(=O)C2CC(O)CN2C(=O)C(NC(=O)CCCNCCCONC(=O)c2ccc(F)c(F)c2Nc2ccc(I)cc2F)C(C)(C)C)cc1. The first-order chi connectivity index (χ1) is 28.5. The van der Waals surface area contributed by atoms with Crippen molar-refractivity contribution < 1.29 is 42.3 Å². The third-order valence-electron chi connectivity index (χ3n) is 9.76. The molecular formula is C42H49F3IN7O6S. The highest BCUT2D eigenvalue weighted by molar-refractivity contribution is 14.1. The lowest BCUT2D eigenvalue weighted by Gasteiger charge is -2.35. The lowest BCUT2D eigenvalue weighted by Crippen LogP contribution is -2.57. The van der Waals surface area contributed by atoms with Crippen LogP contribution < -0.4 is 26.7 Å². The summed E-state index contributed by atoms with van der Waals surface area (Å²) < 4.78 is 43.7. The minimum Gasteiger partial charge on any atom is -0.391 e. The van der Waals surface area contributed by atoms with Gasteiger partial charge >= 0.3 is 0 Å². The second kappa shape index (κ2) is 21.2. The lowest BCUT2D eigenvalue weighted by atomic mass is 9.85. The first-order valence-corrected chi connectivity index (χ1v) is 21.4. The van der Waals surface area contributed by atoms with Crippen molar-refractivity contribution in [3.05, 3.63) is 98.0 Å². The number of carbonyl (C=O) groups excluding carboxylic acids is 4. The van der Waals surface area contributed by atoms with E-state index in [9.17, 15) is 37.5 Å². The van der Waals surface area contributed by atoms with E-state index in [0.717, 1.165) is 33.8 Å². The summed E-state index contributed by atoms with van der Waals surface area (Å²) >= 11 is 3.46. The zero-order chi connectivity index (χ0) is 43.6. The van der Waals surface area contributed by atoms with Gasteiger partial charge in [-0.15, -0.1) is 11.3 Å². The van der Waals surface area contributed by atoms with Gasteiger partial charge in [-0.2, -0.15) is 0 Å². The molecule has 322 valence electrons. The smallest absolute Gasteiger partial charge is 0.277 e. The van der Waals surface area contributed by atoms with Gasteiger partial charge in [0, 0.05) is 29.5 Å². The van der Waals surface area contributed by atoms with Crippen molar-refractivity contribution in [3.63, 3.8) is 0 Å². The van der Waals surface area contributed by atoms with Crippen molar-refractivity contribution in [2.75, 3.05) is 31.6 Å². The van der Waals surface area contributed by atoms with Gasteiger partial charge < -0.3 is 31.3 Å². The number of aryl methyl sites for hydroxylation is 1. The number of nitrogens with one attached hydrogen (secondary N) is 5. The van der Waals surface area contributed by atoms with Crippen LogP contribution in [0.15, 0.2) is 60.1 Å². The summed E-state index contributed by atoms with van der Waals surface area (Å²) in [7, 11) is 0. The maximum atomic E-state index is 14.7. The minimum absolute atomic E-state index is 0.0301. The van der Waals surface area contributed by atoms with Gasteiger partial charge in [0.05, 0.1) is 45.7 Å². The van der Waals surface area contributed by atoms with Gasteiger partial charge in [-0.05, 0) is 102 Å². The molecule has 18 heteroatoms. The van der Waals surface area contributed by atoms with Crippen molar-refractivity contribution in [1.29, 1.82) is 0 Å². The van der Waals surface area contributed by atoms with E-state index in [2.05, 4.69) is 31.7 Å². The third-order valence-corrected chi connectivity index (χ3v) is 11.4. The van der Waals surface area contributed by atoms with Crippen molar-refractivity contribution in [1.82, 2.24) is 31.3 Å². The van der Waals surface area contributed by atoms with Crippen LogP contribution in [0.2, 0.25) is 0 Å². The van der Waals surface area contributed by atoms with E-state index in [0.29, 0.717) is 29.5 Å². The topological polar surface area (TPSA) is 174 Å². The number of hydrogen-bond donors (Lipinski definition) is 6. The molecule has 3 aromatic carbocycles. The first kappa shape index (κ1) is 46.4. The number of nitrogens with zero attached hydrogens (tertiary/aromatic N) is 2. The Labute approximate surface area is 364 Å². The number of hydroxylamine groups is 1. The van der Waals surface area contributed by atoms with Crippen molar-refractivity contribution in [2.45, 2.75) is 78.1 Å². The molecule has 13 nitrogen and oxygen atoms in total. The molecule has 1 aliphatic heterocycles. The molecule has 0 bridgehead atoms. The third kappa shape index (κ3) is 12.5. The maximum Gasteiger partial charge on any atom is 0.277 e. The predicted octanol–water partition coefficient (Wildman–Crippen LogP) is 6.11. The second-order valence-electron chi connectivity index (χ2n) is 15.5. The van der Waals surface area contributed by atoms with Crippen LogP contribution in [0.25, 0.3) is 10.4 Å². The van der Waals surface area contributed by atoms with Crippen LogP contribution in [0.1, 0.15) is 68.1 Å². The number of halogens is 4. The van der Waals surface area contributed by atoms with Gasteiger partial charge in [0.25, 0.3) is 5.91 Å². The molecule has 5 rings (SSSR count). The summed E-state index contributed by atoms with van der Waals surface area (Å²) in [6, 6.07) is 11.9. The molecular weight excluding hydrogens is 914 g/mol. The van der Waals surface area contributed by atoms with Crippen molar-refractivity contribution >= 4 is 68.9 Å². The summed E-state index contributed by atoms with van der Waals surface area (Å²) in [4.78, 5) is 65.1. The quantitative estimate of drug-likeness (QED) is 0.0391. The molecule has 0 spiro atoms. The lowest BCUT2D eigenvalue weighted by molar-refractivity contribution is -0.144. The number of aliphatic hydroxyl groups is 1. The van der Waals surface area contributed by atoms with Gasteiger partial charge in [0.1, 0.15) is 17.9 Å². The van der Waals surface area contributed by atoms with Crippen LogP contribution in [-0.2, 0) is 25.8 Å². The molecule has 2 heterocycles. The Morgan fingerprint density at radius 2 is 1.75 bits per heavy atom. The standard InChI is InChI=1S/C42H49F3IN7O6S/c1-24-37(60-23-49-24)26-10-8-25(9-11-26)21-48-40(57)33-20-28(54)22-53(33)41(58)38(42(2,3)4)51-34(55)7-5-16-47-17-6-18-59-52-39(56)29-13-14-30(43)35(45)36(29)50-32-15-12-27(46)19-31(32)44/h8-15,19,23,28,33,38,47,50,54H,5-7,16-18,20-22H2,1-4H3,(H,48,57)(H,51,55)(H,52,56). The maximum absolute atomic E-state index is 14.7. The number of benzene rings is 3. The highest BCUT2D eigenvalue weighted by Crippen LogP contribution is 2.30. The number of thiazole rings is 1. The van der Waals surface area contributed by atoms with Gasteiger partial charge in [-0.25, -0.2) is 23.6 Å². The Bertz CT molecular complexity index is 2150. The van der Waals surface area contributed by atoms with Crippen molar-refractivity contribution in [3.8, 4) is 10.4 Å². The second-order valence-corrected chi connectivity index (χ2v) is 17.6. The molecule has 0 saturated carbocycles. The van der Waals surface area contributed by atoms with Gasteiger partial charge in [-0.3, -0.25) is 24.0 Å². The minimum atomic E-state index is -1.35. The van der Waals surface area contributed by atoms with Crippen LogP contribution >= 0.6 is 33.9 Å². The molecule has 1 aliphatic rings. The summed E-state index contributed by atoms with van der Waals surface area (Å²) in [5.74, 6) is -5.32. The number of aromatic nitrogens is 1. The van der Waals surface area contributed by atoms with E-state index in [1.54, 1.807) is 22.9 Å². The van der Waals surface area contributed by atoms with Crippen molar-refractivity contribution in [2.24, 2.45) is 5.41 Å². The number of carbonyl (C=O) groups is 4. The monoisotopic (exact) mass is 963 g/mol. The average molecular weight is 964 g/mol. The fraction of sp³-hybridized carbons (Fsp3) is 0.405. The zero-order valence-corrected chi connectivity index (χ0v) is 36.6. The van der Waals surface area contributed by atoms with Gasteiger partial charge in [-0.1, -0.05) is 45.0 Å². The molecule has 4 amide bonds.